The van der Waals surface area contributed by atoms with Crippen molar-refractivity contribution in [2.45, 2.75) is 46.6 Å². The van der Waals surface area contributed by atoms with Crippen LogP contribution in [0.4, 0.5) is 4.39 Å². The molecule has 106 valence electrons. The van der Waals surface area contributed by atoms with E-state index >= 15 is 0 Å². The number of rotatable bonds is 6. The first-order valence-electron chi connectivity index (χ1n) is 6.86. The summed E-state index contributed by atoms with van der Waals surface area (Å²) in [4.78, 5) is 12.3. The van der Waals surface area contributed by atoms with Gasteiger partial charge < -0.3 is 5.32 Å². The quantitative estimate of drug-likeness (QED) is 0.853. The Morgan fingerprint density at radius 3 is 2.37 bits per heavy atom. The number of hydrogen-bond acceptors (Lipinski definition) is 2. The molecule has 0 bridgehead atoms. The average molecular weight is 265 g/mol. The lowest BCUT2D eigenvalue weighted by Gasteiger charge is -2.21. The van der Waals surface area contributed by atoms with Crippen molar-refractivity contribution in [3.05, 3.63) is 35.1 Å². The number of carbonyl (C=O) groups is 1. The molecule has 2 nitrogen and oxygen atoms in total. The van der Waals surface area contributed by atoms with Crippen molar-refractivity contribution >= 4 is 5.78 Å². The molecule has 0 unspecified atom stereocenters. The second-order valence-corrected chi connectivity index (χ2v) is 5.70. The van der Waals surface area contributed by atoms with Gasteiger partial charge in [-0.3, -0.25) is 4.79 Å². The summed E-state index contributed by atoms with van der Waals surface area (Å²) in [7, 11) is 0. The number of nitrogens with one attached hydrogen (secondary N) is 1. The second kappa shape index (κ2) is 6.80. The highest BCUT2D eigenvalue weighted by Gasteiger charge is 2.25. The number of carbonyl (C=O) groups excluding carboxylic acids is 1. The van der Waals surface area contributed by atoms with E-state index in [-0.39, 0.29) is 23.6 Å². The third kappa shape index (κ3) is 4.43. The summed E-state index contributed by atoms with van der Waals surface area (Å²) < 4.78 is 14.1. The van der Waals surface area contributed by atoms with Gasteiger partial charge in [0.1, 0.15) is 11.6 Å². The third-order valence-corrected chi connectivity index (χ3v) is 3.17. The summed E-state index contributed by atoms with van der Waals surface area (Å²) in [5.41, 5.74) is 1.37. The molecule has 0 spiro atoms. The van der Waals surface area contributed by atoms with Crippen LogP contribution in [-0.4, -0.2) is 18.4 Å². The van der Waals surface area contributed by atoms with Crippen LogP contribution in [0, 0.1) is 18.7 Å². The molecule has 1 atom stereocenters. The lowest BCUT2D eigenvalue weighted by Crippen LogP contribution is -2.33. The molecule has 1 rings (SSSR count). The van der Waals surface area contributed by atoms with Gasteiger partial charge in [0, 0.05) is 18.5 Å². The second-order valence-electron chi connectivity index (χ2n) is 5.70. The minimum absolute atomic E-state index is 0.0795. The molecular weight excluding hydrogens is 241 g/mol. The third-order valence-electron chi connectivity index (χ3n) is 3.17. The van der Waals surface area contributed by atoms with Gasteiger partial charge in [0.15, 0.2) is 0 Å². The Hall–Kier alpha value is -1.22. The van der Waals surface area contributed by atoms with Crippen molar-refractivity contribution in [2.75, 3.05) is 6.54 Å². The van der Waals surface area contributed by atoms with Gasteiger partial charge in [-0.25, -0.2) is 4.39 Å². The standard InChI is InChI=1S/C16H24FNO/c1-10(2)16(19)14(9-18-11(3)4)13-7-6-12(5)8-15(13)17/h6-8,10-11,14,18H,9H2,1-5H3/t14-/m1/s1. The van der Waals surface area contributed by atoms with E-state index in [4.69, 9.17) is 0 Å². The molecule has 0 radical (unpaired) electrons. The number of hydrogen-bond donors (Lipinski definition) is 1. The van der Waals surface area contributed by atoms with E-state index in [2.05, 4.69) is 5.32 Å². The Balaban J connectivity index is 3.04. The highest BCUT2D eigenvalue weighted by atomic mass is 19.1. The lowest BCUT2D eigenvalue weighted by molar-refractivity contribution is -0.123. The Morgan fingerprint density at radius 2 is 1.89 bits per heavy atom. The maximum absolute atomic E-state index is 14.1. The summed E-state index contributed by atoms with van der Waals surface area (Å²) in [6, 6.07) is 5.35. The maximum Gasteiger partial charge on any atom is 0.144 e. The van der Waals surface area contributed by atoms with Gasteiger partial charge in [-0.1, -0.05) is 39.8 Å². The van der Waals surface area contributed by atoms with E-state index in [9.17, 15) is 9.18 Å². The zero-order chi connectivity index (χ0) is 14.6. The largest absolute Gasteiger partial charge is 0.313 e. The molecule has 0 amide bonds. The van der Waals surface area contributed by atoms with Gasteiger partial charge in [0.05, 0.1) is 5.92 Å². The number of ketones is 1. The summed E-state index contributed by atoms with van der Waals surface area (Å²) in [6.45, 7) is 10.1. The van der Waals surface area contributed by atoms with Crippen LogP contribution < -0.4 is 5.32 Å². The Bertz CT molecular complexity index is 440. The predicted molar refractivity (Wildman–Crippen MR) is 76.9 cm³/mol. The van der Waals surface area contributed by atoms with Gasteiger partial charge in [0.25, 0.3) is 0 Å². The maximum atomic E-state index is 14.1. The minimum atomic E-state index is -0.414. The summed E-state index contributed by atoms with van der Waals surface area (Å²) in [5.74, 6) is -0.719. The van der Waals surface area contributed by atoms with Crippen molar-refractivity contribution in [3.63, 3.8) is 0 Å². The molecule has 1 aromatic rings. The van der Waals surface area contributed by atoms with Crippen LogP contribution in [-0.2, 0) is 4.79 Å². The first-order chi connectivity index (χ1) is 8.82. The smallest absolute Gasteiger partial charge is 0.144 e. The van der Waals surface area contributed by atoms with Crippen LogP contribution >= 0.6 is 0 Å². The van der Waals surface area contributed by atoms with Gasteiger partial charge in [-0.2, -0.15) is 0 Å². The molecule has 0 saturated heterocycles. The van der Waals surface area contributed by atoms with Crippen molar-refractivity contribution in [1.29, 1.82) is 0 Å². The molecule has 0 aliphatic carbocycles. The monoisotopic (exact) mass is 265 g/mol. The van der Waals surface area contributed by atoms with E-state index in [0.29, 0.717) is 12.1 Å². The van der Waals surface area contributed by atoms with Crippen LogP contribution in [0.2, 0.25) is 0 Å². The molecule has 0 aliphatic heterocycles. The van der Waals surface area contributed by atoms with Gasteiger partial charge in [-0.05, 0) is 24.1 Å². The minimum Gasteiger partial charge on any atom is -0.313 e. The summed E-state index contributed by atoms with van der Waals surface area (Å²) in [6.07, 6.45) is 0. The van der Waals surface area contributed by atoms with Gasteiger partial charge >= 0.3 is 0 Å². The first-order valence-corrected chi connectivity index (χ1v) is 6.86. The highest BCUT2D eigenvalue weighted by molar-refractivity contribution is 5.87. The SMILES string of the molecule is Cc1ccc([C@@H](CNC(C)C)C(=O)C(C)C)c(F)c1. The molecule has 0 saturated carbocycles. The zero-order valence-electron chi connectivity index (χ0n) is 12.5. The van der Waals surface area contributed by atoms with Crippen LogP contribution in [0.1, 0.15) is 44.7 Å². The van der Waals surface area contributed by atoms with E-state index in [1.165, 1.54) is 6.07 Å². The van der Waals surface area contributed by atoms with E-state index in [1.54, 1.807) is 6.07 Å². The summed E-state index contributed by atoms with van der Waals surface area (Å²) >= 11 is 0. The normalized spacial score (nSPS) is 13.1. The number of aryl methyl sites for hydroxylation is 1. The van der Waals surface area contributed by atoms with Crippen molar-refractivity contribution in [3.8, 4) is 0 Å². The fourth-order valence-electron chi connectivity index (χ4n) is 2.03. The van der Waals surface area contributed by atoms with E-state index in [1.807, 2.05) is 40.7 Å². The van der Waals surface area contributed by atoms with Crippen molar-refractivity contribution < 1.29 is 9.18 Å². The zero-order valence-corrected chi connectivity index (χ0v) is 12.5. The molecule has 1 aromatic carbocycles. The average Bonchev–Trinajstić information content (AvgIpc) is 2.30. The van der Waals surface area contributed by atoms with Crippen molar-refractivity contribution in [2.24, 2.45) is 5.92 Å². The molecule has 0 fully saturated rings. The fourth-order valence-corrected chi connectivity index (χ4v) is 2.03. The molecule has 0 aromatic heterocycles. The van der Waals surface area contributed by atoms with E-state index in [0.717, 1.165) is 5.56 Å². The Kier molecular flexibility index (Phi) is 5.67. The Labute approximate surface area is 115 Å². The molecular formula is C16H24FNO. The van der Waals surface area contributed by atoms with Gasteiger partial charge in [-0.15, -0.1) is 0 Å². The lowest BCUT2D eigenvalue weighted by atomic mass is 9.88. The van der Waals surface area contributed by atoms with Crippen molar-refractivity contribution in [1.82, 2.24) is 5.32 Å². The number of Topliss-reactive ketones (excluding diaryl/α,β-unsaturated/α-hetero) is 1. The van der Waals surface area contributed by atoms with Crippen LogP contribution in [0.15, 0.2) is 18.2 Å². The van der Waals surface area contributed by atoms with E-state index < -0.39 is 5.92 Å². The molecule has 3 heteroatoms. The molecule has 0 aliphatic rings. The first kappa shape index (κ1) is 15.8. The number of halogens is 1. The molecule has 0 heterocycles. The summed E-state index contributed by atoms with van der Waals surface area (Å²) in [5, 5.41) is 3.23. The predicted octanol–water partition coefficient (Wildman–Crippen LogP) is 3.44. The Morgan fingerprint density at radius 1 is 1.26 bits per heavy atom. The molecule has 1 N–H and O–H groups in total. The van der Waals surface area contributed by atoms with Crippen LogP contribution in [0.3, 0.4) is 0 Å². The molecule has 19 heavy (non-hydrogen) atoms. The van der Waals surface area contributed by atoms with Crippen LogP contribution in [0.5, 0.6) is 0 Å². The van der Waals surface area contributed by atoms with Crippen LogP contribution in [0.25, 0.3) is 0 Å². The highest BCUT2D eigenvalue weighted by Crippen LogP contribution is 2.24. The fraction of sp³-hybridized carbons (Fsp3) is 0.562. The topological polar surface area (TPSA) is 29.1 Å². The van der Waals surface area contributed by atoms with Gasteiger partial charge in [0.2, 0.25) is 0 Å². The number of benzene rings is 1.